The van der Waals surface area contributed by atoms with Crippen LogP contribution in [0.5, 0.6) is 5.88 Å². The highest BCUT2D eigenvalue weighted by molar-refractivity contribution is 5.18. The summed E-state index contributed by atoms with van der Waals surface area (Å²) < 4.78 is 5.15. The molecule has 4 nitrogen and oxygen atoms in total. The van der Waals surface area contributed by atoms with Crippen LogP contribution < -0.4 is 10.5 Å². The van der Waals surface area contributed by atoms with Crippen LogP contribution in [0.4, 0.5) is 0 Å². The minimum absolute atomic E-state index is 0.443. The molecule has 82 valence electrons. The first-order valence-corrected chi connectivity index (χ1v) is 5.45. The van der Waals surface area contributed by atoms with Gasteiger partial charge >= 0.3 is 0 Å². The van der Waals surface area contributed by atoms with Crippen LogP contribution >= 0.6 is 0 Å². The fraction of sp³-hybridized carbons (Fsp3) is 0.636. The highest BCUT2D eigenvalue weighted by Crippen LogP contribution is 2.32. The molecule has 0 spiro atoms. The normalized spacial score (nSPS) is 16.9. The Morgan fingerprint density at radius 2 is 2.13 bits per heavy atom. The van der Waals surface area contributed by atoms with Gasteiger partial charge in [0.15, 0.2) is 0 Å². The van der Waals surface area contributed by atoms with Crippen molar-refractivity contribution in [1.82, 2.24) is 9.97 Å². The van der Waals surface area contributed by atoms with Gasteiger partial charge in [0.2, 0.25) is 5.88 Å². The van der Waals surface area contributed by atoms with Gasteiger partial charge in [-0.15, -0.1) is 0 Å². The Balaban J connectivity index is 2.28. The summed E-state index contributed by atoms with van der Waals surface area (Å²) in [5.41, 5.74) is 6.46. The molecule has 1 fully saturated rings. The molecule has 1 aromatic rings. The monoisotopic (exact) mass is 207 g/mol. The van der Waals surface area contributed by atoms with Crippen LogP contribution in [0.2, 0.25) is 0 Å². The van der Waals surface area contributed by atoms with E-state index in [9.17, 15) is 0 Å². The van der Waals surface area contributed by atoms with Crippen molar-refractivity contribution in [1.29, 1.82) is 0 Å². The summed E-state index contributed by atoms with van der Waals surface area (Å²) in [4.78, 5) is 8.86. The summed E-state index contributed by atoms with van der Waals surface area (Å²) in [6.07, 6.45) is 4.95. The predicted molar refractivity (Wildman–Crippen MR) is 57.7 cm³/mol. The van der Waals surface area contributed by atoms with Crippen molar-refractivity contribution in [3.05, 3.63) is 17.6 Å². The zero-order valence-corrected chi connectivity index (χ0v) is 9.07. The van der Waals surface area contributed by atoms with Gasteiger partial charge in [0.1, 0.15) is 5.82 Å². The van der Waals surface area contributed by atoms with Gasteiger partial charge in [-0.1, -0.05) is 12.8 Å². The van der Waals surface area contributed by atoms with E-state index in [2.05, 4.69) is 9.97 Å². The Labute approximate surface area is 89.9 Å². The van der Waals surface area contributed by atoms with Crippen LogP contribution in [0.3, 0.4) is 0 Å². The number of methoxy groups -OCH3 is 1. The van der Waals surface area contributed by atoms with E-state index in [4.69, 9.17) is 10.5 Å². The maximum Gasteiger partial charge on any atom is 0.216 e. The van der Waals surface area contributed by atoms with Crippen molar-refractivity contribution in [3.63, 3.8) is 0 Å². The number of hydrogen-bond donors (Lipinski definition) is 1. The van der Waals surface area contributed by atoms with Gasteiger partial charge in [-0.2, -0.15) is 4.98 Å². The summed E-state index contributed by atoms with van der Waals surface area (Å²) in [5, 5.41) is 0. The average molecular weight is 207 g/mol. The molecule has 1 aliphatic rings. The minimum Gasteiger partial charge on any atom is -0.481 e. The van der Waals surface area contributed by atoms with Crippen LogP contribution in [0.15, 0.2) is 6.07 Å². The largest absolute Gasteiger partial charge is 0.481 e. The predicted octanol–water partition coefficient (Wildman–Crippen LogP) is 1.60. The number of nitrogens with two attached hydrogens (primary N) is 1. The minimum atomic E-state index is 0.443. The van der Waals surface area contributed by atoms with Gasteiger partial charge in [-0.05, 0) is 12.8 Å². The summed E-state index contributed by atoms with van der Waals surface area (Å²) in [7, 11) is 1.63. The molecule has 0 amide bonds. The molecule has 0 radical (unpaired) electrons. The average Bonchev–Trinajstić information content (AvgIpc) is 2.81. The number of rotatable bonds is 3. The standard InChI is InChI=1S/C11H17N3O/c1-15-10-6-9(7-12)13-11(14-10)8-4-2-3-5-8/h6,8H,2-5,7,12H2,1H3. The van der Waals surface area contributed by atoms with Gasteiger partial charge < -0.3 is 10.5 Å². The second-order valence-electron chi connectivity index (χ2n) is 3.95. The number of aromatic nitrogens is 2. The first-order valence-electron chi connectivity index (χ1n) is 5.45. The van der Waals surface area contributed by atoms with E-state index < -0.39 is 0 Å². The third-order valence-corrected chi connectivity index (χ3v) is 2.91. The SMILES string of the molecule is COc1cc(CN)nc(C2CCCC2)n1. The number of hydrogen-bond acceptors (Lipinski definition) is 4. The van der Waals surface area contributed by atoms with Crippen LogP contribution in [0.25, 0.3) is 0 Å². The summed E-state index contributed by atoms with van der Waals surface area (Å²) in [5.74, 6) is 2.05. The first-order chi connectivity index (χ1) is 7.33. The maximum absolute atomic E-state index is 5.60. The first kappa shape index (κ1) is 10.4. The summed E-state index contributed by atoms with van der Waals surface area (Å²) >= 11 is 0. The molecule has 0 aliphatic heterocycles. The lowest BCUT2D eigenvalue weighted by Crippen LogP contribution is -2.08. The molecular formula is C11H17N3O. The zero-order chi connectivity index (χ0) is 10.7. The molecule has 2 rings (SSSR count). The van der Waals surface area contributed by atoms with E-state index in [0.717, 1.165) is 11.5 Å². The Morgan fingerprint density at radius 1 is 1.40 bits per heavy atom. The second-order valence-corrected chi connectivity index (χ2v) is 3.95. The topological polar surface area (TPSA) is 61.0 Å². The fourth-order valence-corrected chi connectivity index (χ4v) is 2.07. The molecule has 0 aromatic carbocycles. The van der Waals surface area contributed by atoms with Crippen molar-refractivity contribution >= 4 is 0 Å². The molecule has 1 aliphatic carbocycles. The third kappa shape index (κ3) is 2.26. The molecule has 0 saturated heterocycles. The highest BCUT2D eigenvalue weighted by Gasteiger charge is 2.20. The number of nitrogens with zero attached hydrogens (tertiary/aromatic N) is 2. The Kier molecular flexibility index (Phi) is 3.16. The van der Waals surface area contributed by atoms with Gasteiger partial charge in [0.05, 0.1) is 12.8 Å². The molecule has 1 heterocycles. The van der Waals surface area contributed by atoms with Crippen LogP contribution in [-0.2, 0) is 6.54 Å². The molecule has 0 unspecified atom stereocenters. The van der Waals surface area contributed by atoms with Crippen LogP contribution in [0.1, 0.15) is 43.1 Å². The lowest BCUT2D eigenvalue weighted by atomic mass is 10.1. The molecule has 0 bridgehead atoms. The van der Waals surface area contributed by atoms with E-state index in [1.165, 1.54) is 25.7 Å². The van der Waals surface area contributed by atoms with Gasteiger partial charge in [-0.3, -0.25) is 0 Å². The van der Waals surface area contributed by atoms with Crippen molar-refractivity contribution in [2.24, 2.45) is 5.73 Å². The van der Waals surface area contributed by atoms with E-state index in [0.29, 0.717) is 18.3 Å². The van der Waals surface area contributed by atoms with E-state index in [1.807, 2.05) is 0 Å². The van der Waals surface area contributed by atoms with Crippen molar-refractivity contribution in [3.8, 4) is 5.88 Å². The van der Waals surface area contributed by atoms with E-state index in [1.54, 1.807) is 13.2 Å². The molecule has 0 atom stereocenters. The summed E-state index contributed by atoms with van der Waals surface area (Å²) in [6.45, 7) is 0.443. The lowest BCUT2D eigenvalue weighted by molar-refractivity contribution is 0.391. The Bertz CT molecular complexity index is 312. The molecule has 15 heavy (non-hydrogen) atoms. The van der Waals surface area contributed by atoms with Gasteiger partial charge in [0.25, 0.3) is 0 Å². The zero-order valence-electron chi connectivity index (χ0n) is 9.07. The molecular weight excluding hydrogens is 190 g/mol. The van der Waals surface area contributed by atoms with Crippen molar-refractivity contribution in [2.75, 3.05) is 7.11 Å². The number of ether oxygens (including phenoxy) is 1. The Morgan fingerprint density at radius 3 is 2.73 bits per heavy atom. The van der Waals surface area contributed by atoms with E-state index >= 15 is 0 Å². The van der Waals surface area contributed by atoms with Crippen molar-refractivity contribution in [2.45, 2.75) is 38.1 Å². The highest BCUT2D eigenvalue weighted by atomic mass is 16.5. The van der Waals surface area contributed by atoms with Gasteiger partial charge in [-0.25, -0.2) is 4.98 Å². The molecule has 4 heteroatoms. The van der Waals surface area contributed by atoms with E-state index in [-0.39, 0.29) is 0 Å². The molecule has 1 aromatic heterocycles. The molecule has 1 saturated carbocycles. The maximum atomic E-state index is 5.60. The Hall–Kier alpha value is -1.16. The smallest absolute Gasteiger partial charge is 0.216 e. The van der Waals surface area contributed by atoms with Crippen molar-refractivity contribution < 1.29 is 4.74 Å². The van der Waals surface area contributed by atoms with Crippen LogP contribution in [-0.4, -0.2) is 17.1 Å². The quantitative estimate of drug-likeness (QED) is 0.817. The lowest BCUT2D eigenvalue weighted by Gasteiger charge is -2.10. The van der Waals surface area contributed by atoms with Gasteiger partial charge in [0, 0.05) is 18.5 Å². The summed E-state index contributed by atoms with van der Waals surface area (Å²) in [6, 6.07) is 1.80. The second kappa shape index (κ2) is 4.57. The fourth-order valence-electron chi connectivity index (χ4n) is 2.07. The molecule has 2 N–H and O–H groups in total. The van der Waals surface area contributed by atoms with Crippen LogP contribution in [0, 0.1) is 0 Å². The third-order valence-electron chi connectivity index (χ3n) is 2.91.